The van der Waals surface area contributed by atoms with E-state index in [1.54, 1.807) is 13.2 Å². The van der Waals surface area contributed by atoms with Gasteiger partial charge in [-0.1, -0.05) is 56.5 Å². The second kappa shape index (κ2) is 10.3. The molecule has 2 saturated carbocycles. The smallest absolute Gasteiger partial charge is 0.254 e. The summed E-state index contributed by atoms with van der Waals surface area (Å²) in [5, 5.41) is 15.9. The van der Waals surface area contributed by atoms with E-state index in [4.69, 9.17) is 22.0 Å². The summed E-state index contributed by atoms with van der Waals surface area (Å²) in [4.78, 5) is 24.1. The molecule has 3 fully saturated rings. The first-order valence-electron chi connectivity index (χ1n) is 13.3. The Bertz CT molecular complexity index is 1090. The van der Waals surface area contributed by atoms with E-state index in [1.165, 1.54) is 37.0 Å². The number of rotatable bonds is 7. The number of hydrogen-bond acceptors (Lipinski definition) is 5. The molecule has 188 valence electrons. The second-order valence-corrected chi connectivity index (χ2v) is 11.4. The Labute approximate surface area is 212 Å². The molecule has 7 nitrogen and oxygen atoms in total. The summed E-state index contributed by atoms with van der Waals surface area (Å²) in [5.74, 6) is 2.25. The zero-order valence-corrected chi connectivity index (χ0v) is 21.4. The zero-order valence-electron chi connectivity index (χ0n) is 20.7. The van der Waals surface area contributed by atoms with Crippen LogP contribution in [0.15, 0.2) is 24.4 Å². The van der Waals surface area contributed by atoms with Crippen molar-refractivity contribution >= 4 is 40.3 Å². The highest BCUT2D eigenvalue weighted by atomic mass is 35.5. The summed E-state index contributed by atoms with van der Waals surface area (Å²) in [6, 6.07) is 5.87. The predicted octanol–water partition coefficient (Wildman–Crippen LogP) is 5.74. The molecule has 3 N–H and O–H groups in total. The fraction of sp³-hybridized carbons (Fsp3) is 0.630. The molecule has 0 bridgehead atoms. The minimum atomic E-state index is -0.627. The van der Waals surface area contributed by atoms with Crippen molar-refractivity contribution in [2.24, 2.45) is 11.8 Å². The van der Waals surface area contributed by atoms with Crippen LogP contribution in [0.3, 0.4) is 0 Å². The molecule has 8 heteroatoms. The molecule has 1 aromatic heterocycles. The van der Waals surface area contributed by atoms with Crippen LogP contribution in [-0.2, 0) is 4.79 Å². The molecule has 35 heavy (non-hydrogen) atoms. The average Bonchev–Trinajstić information content (AvgIpc) is 3.07. The summed E-state index contributed by atoms with van der Waals surface area (Å²) in [6.45, 7) is 0. The van der Waals surface area contributed by atoms with Crippen molar-refractivity contribution < 1.29 is 4.79 Å². The van der Waals surface area contributed by atoms with Gasteiger partial charge in [-0.3, -0.25) is 20.1 Å². The molecule has 5 rings (SSSR count). The Kier molecular flexibility index (Phi) is 7.14. The Balaban J connectivity index is 1.26. The van der Waals surface area contributed by atoms with Crippen molar-refractivity contribution in [3.05, 3.63) is 29.4 Å². The molecule has 1 aromatic carbocycles. The van der Waals surface area contributed by atoms with Gasteiger partial charge in [-0.25, -0.2) is 4.98 Å². The number of carbonyl (C=O) groups is 1. The van der Waals surface area contributed by atoms with E-state index in [0.29, 0.717) is 17.0 Å². The minimum Gasteiger partial charge on any atom is -0.366 e. The van der Waals surface area contributed by atoms with Crippen molar-refractivity contribution in [3.63, 3.8) is 0 Å². The maximum atomic E-state index is 13.4. The third kappa shape index (κ3) is 5.40. The molecule has 0 spiro atoms. The highest BCUT2D eigenvalue weighted by Gasteiger charge is 2.49. The SMILES string of the molecule is CN1C(=N)N[C@@](CCC2CCCCC2)(C[C@H]2CCCC(Nc3cnc4cc(Cl)ccc4n3)C2)C1=O. The van der Waals surface area contributed by atoms with Crippen LogP contribution in [0, 0.1) is 17.2 Å². The Morgan fingerprint density at radius 2 is 1.94 bits per heavy atom. The Morgan fingerprint density at radius 1 is 1.14 bits per heavy atom. The standard InChI is InChI=1S/C27H37ClN6O/c1-34-25(35)27(33-26(34)29,13-12-18-6-3-2-4-7-18)16-19-8-5-9-21(14-19)31-24-17-30-23-15-20(28)10-11-22(23)32-24/h10-11,15,17-19,21H,2-9,12-14,16H2,1H3,(H2,29,33)(H,31,32)/t19-,21?,27-/m0/s1. The second-order valence-electron chi connectivity index (χ2n) is 10.9. The first-order valence-corrected chi connectivity index (χ1v) is 13.6. The summed E-state index contributed by atoms with van der Waals surface area (Å²) < 4.78 is 0. The number of halogens is 1. The van der Waals surface area contributed by atoms with Crippen LogP contribution in [0.5, 0.6) is 0 Å². The Morgan fingerprint density at radius 3 is 2.71 bits per heavy atom. The largest absolute Gasteiger partial charge is 0.366 e. The molecule has 2 aromatic rings. The number of hydrogen-bond donors (Lipinski definition) is 3. The van der Waals surface area contributed by atoms with E-state index in [9.17, 15) is 4.79 Å². The van der Waals surface area contributed by atoms with Gasteiger partial charge in [-0.05, 0) is 62.1 Å². The molecule has 3 aliphatic rings. The predicted molar refractivity (Wildman–Crippen MR) is 141 cm³/mol. The quantitative estimate of drug-likeness (QED) is 0.454. The molecule has 0 radical (unpaired) electrons. The number of aromatic nitrogens is 2. The number of likely N-dealkylation sites (N-methyl/N-ethyl adjacent to an activating group) is 1. The number of carbonyl (C=O) groups excluding carboxylic acids is 1. The fourth-order valence-electron chi connectivity index (χ4n) is 6.49. The monoisotopic (exact) mass is 496 g/mol. The third-order valence-corrected chi connectivity index (χ3v) is 8.62. The number of amides is 1. The van der Waals surface area contributed by atoms with Crippen LogP contribution < -0.4 is 10.6 Å². The van der Waals surface area contributed by atoms with E-state index in [-0.39, 0.29) is 11.9 Å². The molecule has 2 aliphatic carbocycles. The number of benzene rings is 1. The number of fused-ring (bicyclic) bond motifs is 1. The van der Waals surface area contributed by atoms with E-state index in [1.807, 2.05) is 18.2 Å². The van der Waals surface area contributed by atoms with Gasteiger partial charge < -0.3 is 10.6 Å². The molecule has 1 unspecified atom stereocenters. The summed E-state index contributed by atoms with van der Waals surface area (Å²) in [7, 11) is 1.73. The number of guanidine groups is 1. The lowest BCUT2D eigenvalue weighted by molar-refractivity contribution is -0.131. The molecule has 1 saturated heterocycles. The molecular weight excluding hydrogens is 460 g/mol. The van der Waals surface area contributed by atoms with Crippen LogP contribution in [0.25, 0.3) is 11.0 Å². The van der Waals surface area contributed by atoms with Gasteiger partial charge in [0.15, 0.2) is 5.96 Å². The van der Waals surface area contributed by atoms with Crippen LogP contribution in [-0.4, -0.2) is 45.4 Å². The highest BCUT2D eigenvalue weighted by Crippen LogP contribution is 2.39. The third-order valence-electron chi connectivity index (χ3n) is 8.39. The zero-order chi connectivity index (χ0) is 24.4. The average molecular weight is 497 g/mol. The molecular formula is C27H37ClN6O. The van der Waals surface area contributed by atoms with Gasteiger partial charge in [0.05, 0.1) is 17.2 Å². The van der Waals surface area contributed by atoms with Crippen molar-refractivity contribution in [2.75, 3.05) is 12.4 Å². The number of anilines is 1. The lowest BCUT2D eigenvalue weighted by Gasteiger charge is -2.37. The van der Waals surface area contributed by atoms with Crippen LogP contribution in [0.2, 0.25) is 5.02 Å². The van der Waals surface area contributed by atoms with E-state index in [0.717, 1.165) is 67.7 Å². The minimum absolute atomic E-state index is 0.0763. The lowest BCUT2D eigenvalue weighted by Crippen LogP contribution is -2.49. The Hall–Kier alpha value is -2.41. The van der Waals surface area contributed by atoms with Gasteiger partial charge in [-0.15, -0.1) is 0 Å². The van der Waals surface area contributed by atoms with Gasteiger partial charge in [0.1, 0.15) is 11.4 Å². The highest BCUT2D eigenvalue weighted by molar-refractivity contribution is 6.31. The maximum Gasteiger partial charge on any atom is 0.254 e. The van der Waals surface area contributed by atoms with Crippen molar-refractivity contribution in [2.45, 2.75) is 88.6 Å². The van der Waals surface area contributed by atoms with Crippen LogP contribution in [0.1, 0.15) is 77.0 Å². The van der Waals surface area contributed by atoms with Gasteiger partial charge >= 0.3 is 0 Å². The fourth-order valence-corrected chi connectivity index (χ4v) is 6.65. The molecule has 1 aliphatic heterocycles. The van der Waals surface area contributed by atoms with E-state index in [2.05, 4.69) is 15.6 Å². The van der Waals surface area contributed by atoms with Gasteiger partial charge in [0, 0.05) is 18.1 Å². The van der Waals surface area contributed by atoms with E-state index >= 15 is 0 Å². The molecule has 1 amide bonds. The first kappa shape index (κ1) is 24.3. The maximum absolute atomic E-state index is 13.4. The normalized spacial score (nSPS) is 27.9. The van der Waals surface area contributed by atoms with E-state index < -0.39 is 5.54 Å². The van der Waals surface area contributed by atoms with Crippen molar-refractivity contribution in [3.8, 4) is 0 Å². The number of nitrogens with zero attached hydrogens (tertiary/aromatic N) is 3. The van der Waals surface area contributed by atoms with Gasteiger partial charge in [0.2, 0.25) is 0 Å². The molecule has 2 heterocycles. The first-order chi connectivity index (χ1) is 16.9. The topological polar surface area (TPSA) is 94.0 Å². The summed E-state index contributed by atoms with van der Waals surface area (Å²) in [5.41, 5.74) is 0.996. The van der Waals surface area contributed by atoms with Crippen LogP contribution >= 0.6 is 11.6 Å². The summed E-state index contributed by atoms with van der Waals surface area (Å²) in [6.07, 6.45) is 15.4. The van der Waals surface area contributed by atoms with Gasteiger partial charge in [0.25, 0.3) is 5.91 Å². The summed E-state index contributed by atoms with van der Waals surface area (Å²) >= 11 is 6.08. The van der Waals surface area contributed by atoms with Gasteiger partial charge in [-0.2, -0.15) is 0 Å². The number of nitrogens with one attached hydrogen (secondary N) is 3. The lowest BCUT2D eigenvalue weighted by atomic mass is 9.74. The molecule has 3 atom stereocenters. The van der Waals surface area contributed by atoms with Crippen LogP contribution in [0.4, 0.5) is 5.82 Å². The van der Waals surface area contributed by atoms with Crippen molar-refractivity contribution in [1.82, 2.24) is 20.2 Å². The van der Waals surface area contributed by atoms with Crippen molar-refractivity contribution in [1.29, 1.82) is 5.41 Å².